The van der Waals surface area contributed by atoms with E-state index in [1.807, 2.05) is 40.9 Å². The molecule has 7 heteroatoms. The molecular weight excluding hydrogens is 378 g/mol. The number of carbonyl (C=O) groups excluding carboxylic acids is 1. The van der Waals surface area contributed by atoms with Crippen molar-refractivity contribution in [3.8, 4) is 11.6 Å². The van der Waals surface area contributed by atoms with E-state index in [-0.39, 0.29) is 6.03 Å². The summed E-state index contributed by atoms with van der Waals surface area (Å²) in [4.78, 5) is 18.2. The van der Waals surface area contributed by atoms with E-state index in [1.165, 1.54) is 0 Å². The van der Waals surface area contributed by atoms with Crippen molar-refractivity contribution in [3.05, 3.63) is 47.1 Å². The molecule has 3 rings (SSSR count). The Labute approximate surface area is 147 Å². The van der Waals surface area contributed by atoms with Crippen molar-refractivity contribution in [2.45, 2.75) is 0 Å². The summed E-state index contributed by atoms with van der Waals surface area (Å²) in [6, 6.07) is 11.0. The number of amides is 2. The lowest BCUT2D eigenvalue weighted by molar-refractivity contribution is 0.217. The Morgan fingerprint density at radius 3 is 2.78 bits per heavy atom. The first-order valence-corrected chi connectivity index (χ1v) is 9.18. The molecule has 2 heterocycles. The number of nitrogens with zero attached hydrogens (tertiary/aromatic N) is 2. The summed E-state index contributed by atoms with van der Waals surface area (Å²) in [6.45, 7) is 1.57. The standard InChI is InChI=1S/C16H16BrN3O2S/c17-12-2-1-3-14(10-12)22-15-5-4-13(11-18-15)19-16(21)20-6-8-23-9-7-20/h1-5,10-11H,6-9H2,(H,19,21). The summed E-state index contributed by atoms with van der Waals surface area (Å²) < 4.78 is 6.61. The largest absolute Gasteiger partial charge is 0.439 e. The van der Waals surface area contributed by atoms with Crippen molar-refractivity contribution < 1.29 is 9.53 Å². The number of aromatic nitrogens is 1. The molecule has 0 spiro atoms. The van der Waals surface area contributed by atoms with E-state index < -0.39 is 0 Å². The molecule has 0 unspecified atom stereocenters. The quantitative estimate of drug-likeness (QED) is 0.847. The number of rotatable bonds is 3. The van der Waals surface area contributed by atoms with Crippen LogP contribution in [0.2, 0.25) is 0 Å². The zero-order valence-corrected chi connectivity index (χ0v) is 14.8. The Morgan fingerprint density at radius 1 is 1.26 bits per heavy atom. The molecule has 1 aliphatic heterocycles. The fraction of sp³-hybridized carbons (Fsp3) is 0.250. The van der Waals surface area contributed by atoms with Crippen LogP contribution in [0.1, 0.15) is 0 Å². The van der Waals surface area contributed by atoms with Gasteiger partial charge in [-0.2, -0.15) is 11.8 Å². The van der Waals surface area contributed by atoms with Crippen molar-refractivity contribution in [3.63, 3.8) is 0 Å². The lowest BCUT2D eigenvalue weighted by Crippen LogP contribution is -2.40. The summed E-state index contributed by atoms with van der Waals surface area (Å²) in [5.41, 5.74) is 0.662. The van der Waals surface area contributed by atoms with E-state index in [9.17, 15) is 4.79 Å². The Bertz CT molecular complexity index is 675. The lowest BCUT2D eigenvalue weighted by atomic mass is 10.3. The predicted molar refractivity (Wildman–Crippen MR) is 96.4 cm³/mol. The highest BCUT2D eigenvalue weighted by Crippen LogP contribution is 2.23. The summed E-state index contributed by atoms with van der Waals surface area (Å²) in [5, 5.41) is 2.86. The fourth-order valence-electron chi connectivity index (χ4n) is 2.13. The smallest absolute Gasteiger partial charge is 0.321 e. The minimum absolute atomic E-state index is 0.0761. The minimum atomic E-state index is -0.0761. The third-order valence-electron chi connectivity index (χ3n) is 3.30. The molecular formula is C16H16BrN3O2S. The first-order chi connectivity index (χ1) is 11.2. The van der Waals surface area contributed by atoms with Gasteiger partial charge in [-0.25, -0.2) is 9.78 Å². The Morgan fingerprint density at radius 2 is 2.09 bits per heavy atom. The van der Waals surface area contributed by atoms with Crippen molar-refractivity contribution in [2.24, 2.45) is 0 Å². The maximum Gasteiger partial charge on any atom is 0.321 e. The van der Waals surface area contributed by atoms with Crippen LogP contribution in [0.25, 0.3) is 0 Å². The number of hydrogen-bond acceptors (Lipinski definition) is 4. The number of benzene rings is 1. The van der Waals surface area contributed by atoms with Crippen molar-refractivity contribution in [2.75, 3.05) is 29.9 Å². The average Bonchev–Trinajstić information content (AvgIpc) is 2.57. The maximum absolute atomic E-state index is 12.1. The molecule has 0 saturated carbocycles. The second-order valence-corrected chi connectivity index (χ2v) is 7.11. The van der Waals surface area contributed by atoms with E-state index >= 15 is 0 Å². The fourth-order valence-corrected chi connectivity index (χ4v) is 3.42. The van der Waals surface area contributed by atoms with Crippen LogP contribution in [0.4, 0.5) is 10.5 Å². The normalized spacial score (nSPS) is 14.4. The molecule has 2 aromatic rings. The zero-order valence-electron chi connectivity index (χ0n) is 12.4. The summed E-state index contributed by atoms with van der Waals surface area (Å²) in [6.07, 6.45) is 1.60. The van der Waals surface area contributed by atoms with Gasteiger partial charge in [0.25, 0.3) is 0 Å². The van der Waals surface area contributed by atoms with Gasteiger partial charge in [0.05, 0.1) is 11.9 Å². The maximum atomic E-state index is 12.1. The van der Waals surface area contributed by atoms with E-state index in [1.54, 1.807) is 18.3 Å². The monoisotopic (exact) mass is 393 g/mol. The van der Waals surface area contributed by atoms with Crippen molar-refractivity contribution >= 4 is 39.4 Å². The third-order valence-corrected chi connectivity index (χ3v) is 4.74. The van der Waals surface area contributed by atoms with Gasteiger partial charge in [-0.3, -0.25) is 0 Å². The van der Waals surface area contributed by atoms with Gasteiger partial charge in [0, 0.05) is 35.1 Å². The van der Waals surface area contributed by atoms with Gasteiger partial charge in [-0.05, 0) is 24.3 Å². The molecule has 1 saturated heterocycles. The molecule has 0 radical (unpaired) electrons. The highest BCUT2D eigenvalue weighted by atomic mass is 79.9. The van der Waals surface area contributed by atoms with Gasteiger partial charge < -0.3 is 15.0 Å². The van der Waals surface area contributed by atoms with Gasteiger partial charge in [-0.1, -0.05) is 22.0 Å². The highest BCUT2D eigenvalue weighted by Gasteiger charge is 2.16. The molecule has 1 fully saturated rings. The molecule has 1 aromatic heterocycles. The van der Waals surface area contributed by atoms with E-state index in [0.29, 0.717) is 17.3 Å². The molecule has 1 aliphatic rings. The van der Waals surface area contributed by atoms with E-state index in [2.05, 4.69) is 26.2 Å². The van der Waals surface area contributed by atoms with Crippen molar-refractivity contribution in [1.29, 1.82) is 0 Å². The van der Waals surface area contributed by atoms with E-state index in [4.69, 9.17) is 4.74 Å². The molecule has 0 bridgehead atoms. The molecule has 0 aliphatic carbocycles. The SMILES string of the molecule is O=C(Nc1ccc(Oc2cccc(Br)c2)nc1)N1CCSCC1. The number of pyridine rings is 1. The number of halogens is 1. The molecule has 23 heavy (non-hydrogen) atoms. The number of anilines is 1. The summed E-state index contributed by atoms with van der Waals surface area (Å²) in [7, 11) is 0. The molecule has 120 valence electrons. The molecule has 1 N–H and O–H groups in total. The van der Waals surface area contributed by atoms with Crippen LogP contribution in [0.5, 0.6) is 11.6 Å². The van der Waals surface area contributed by atoms with Crippen LogP contribution < -0.4 is 10.1 Å². The van der Waals surface area contributed by atoms with Crippen LogP contribution in [0.3, 0.4) is 0 Å². The second-order valence-electron chi connectivity index (χ2n) is 4.97. The second kappa shape index (κ2) is 7.70. The number of hydrogen-bond donors (Lipinski definition) is 1. The molecule has 0 atom stereocenters. The minimum Gasteiger partial charge on any atom is -0.439 e. The Hall–Kier alpha value is -1.73. The Balaban J connectivity index is 1.59. The van der Waals surface area contributed by atoms with Crippen molar-refractivity contribution in [1.82, 2.24) is 9.88 Å². The molecule has 5 nitrogen and oxygen atoms in total. The third kappa shape index (κ3) is 4.62. The van der Waals surface area contributed by atoms with E-state index in [0.717, 1.165) is 29.1 Å². The van der Waals surface area contributed by atoms with Gasteiger partial charge in [-0.15, -0.1) is 0 Å². The van der Waals surface area contributed by atoms with Crippen LogP contribution in [0.15, 0.2) is 47.1 Å². The summed E-state index contributed by atoms with van der Waals surface area (Å²) >= 11 is 5.27. The van der Waals surface area contributed by atoms with Gasteiger partial charge in [0.15, 0.2) is 0 Å². The number of ether oxygens (including phenoxy) is 1. The molecule has 2 amide bonds. The zero-order chi connectivity index (χ0) is 16.1. The van der Waals surface area contributed by atoms with Crippen LogP contribution in [0, 0.1) is 0 Å². The van der Waals surface area contributed by atoms with Crippen LogP contribution >= 0.6 is 27.7 Å². The number of carbonyl (C=O) groups is 1. The average molecular weight is 394 g/mol. The van der Waals surface area contributed by atoms with Crippen LogP contribution in [-0.2, 0) is 0 Å². The predicted octanol–water partition coefficient (Wildman–Crippen LogP) is 4.22. The van der Waals surface area contributed by atoms with Gasteiger partial charge >= 0.3 is 6.03 Å². The Kier molecular flexibility index (Phi) is 5.40. The number of thioether (sulfide) groups is 1. The topological polar surface area (TPSA) is 54.5 Å². The first-order valence-electron chi connectivity index (χ1n) is 7.24. The van der Waals surface area contributed by atoms with Gasteiger partial charge in [0.2, 0.25) is 5.88 Å². The highest BCUT2D eigenvalue weighted by molar-refractivity contribution is 9.10. The molecule has 1 aromatic carbocycles. The number of urea groups is 1. The van der Waals surface area contributed by atoms with Crippen LogP contribution in [-0.4, -0.2) is 40.5 Å². The first kappa shape index (κ1) is 16.1. The number of nitrogens with one attached hydrogen (secondary N) is 1. The lowest BCUT2D eigenvalue weighted by Gasteiger charge is -2.26. The summed E-state index contributed by atoms with van der Waals surface area (Å²) in [5.74, 6) is 3.17. The van der Waals surface area contributed by atoms with Gasteiger partial charge in [0.1, 0.15) is 5.75 Å².